The summed E-state index contributed by atoms with van der Waals surface area (Å²) >= 11 is 0. The molecule has 1 unspecified atom stereocenters. The van der Waals surface area contributed by atoms with E-state index in [2.05, 4.69) is 0 Å². The van der Waals surface area contributed by atoms with E-state index in [0.717, 1.165) is 22.1 Å². The second kappa shape index (κ2) is 5.93. The Morgan fingerprint density at radius 1 is 1.29 bits per heavy atom. The van der Waals surface area contributed by atoms with E-state index in [4.69, 9.17) is 15.5 Å². The van der Waals surface area contributed by atoms with Crippen molar-refractivity contribution < 1.29 is 19.7 Å². The number of benzene rings is 1. The van der Waals surface area contributed by atoms with Crippen LogP contribution in [0.4, 0.5) is 0 Å². The second-order valence-electron chi connectivity index (χ2n) is 8.56. The fraction of sp³-hybridized carbons (Fsp3) is 0.348. The number of nitrogens with zero attached hydrogens (tertiary/aromatic N) is 2. The van der Waals surface area contributed by atoms with Gasteiger partial charge in [0.2, 0.25) is 0 Å². The summed E-state index contributed by atoms with van der Waals surface area (Å²) in [5.74, 6) is -0.511. The monoisotopic (exact) mass is 419 g/mol. The number of rotatable bonds is 1. The van der Waals surface area contributed by atoms with Crippen LogP contribution in [0.2, 0.25) is 0 Å². The summed E-state index contributed by atoms with van der Waals surface area (Å²) in [6.07, 6.45) is 1.45. The molecule has 2 atom stereocenters. The van der Waals surface area contributed by atoms with Crippen LogP contribution in [0.1, 0.15) is 53.6 Å². The van der Waals surface area contributed by atoms with E-state index in [-0.39, 0.29) is 30.4 Å². The van der Waals surface area contributed by atoms with Crippen molar-refractivity contribution in [1.29, 1.82) is 0 Å². The molecule has 1 aliphatic carbocycles. The summed E-state index contributed by atoms with van der Waals surface area (Å²) in [4.78, 5) is 30.5. The number of aliphatic hydroxyl groups is 1. The molecule has 0 saturated carbocycles. The normalized spacial score (nSPS) is 23.3. The summed E-state index contributed by atoms with van der Waals surface area (Å²) < 4.78 is 6.74. The third-order valence-electron chi connectivity index (χ3n) is 7.06. The first-order valence-corrected chi connectivity index (χ1v) is 10.4. The zero-order chi connectivity index (χ0) is 21.7. The maximum Gasteiger partial charge on any atom is 0.343 e. The Morgan fingerprint density at radius 2 is 2.10 bits per heavy atom. The van der Waals surface area contributed by atoms with E-state index >= 15 is 0 Å². The van der Waals surface area contributed by atoms with Crippen LogP contribution in [0.3, 0.4) is 0 Å². The maximum atomic E-state index is 13.4. The average Bonchev–Trinajstić information content (AvgIpc) is 3.13. The van der Waals surface area contributed by atoms with E-state index in [1.54, 1.807) is 29.7 Å². The fourth-order valence-corrected chi connectivity index (χ4v) is 5.37. The maximum absolute atomic E-state index is 13.4. The number of fused-ring (bicyclic) bond motifs is 5. The van der Waals surface area contributed by atoms with E-state index in [9.17, 15) is 19.8 Å². The van der Waals surface area contributed by atoms with Crippen molar-refractivity contribution in [3.8, 4) is 17.1 Å². The Bertz CT molecular complexity index is 1390. The van der Waals surface area contributed by atoms with Gasteiger partial charge in [-0.3, -0.25) is 4.79 Å². The molecule has 0 radical (unpaired) electrons. The van der Waals surface area contributed by atoms with Gasteiger partial charge in [0, 0.05) is 28.1 Å². The smallest absolute Gasteiger partial charge is 0.343 e. The lowest BCUT2D eigenvalue weighted by molar-refractivity contribution is -0.172. The molecule has 0 fully saturated rings. The van der Waals surface area contributed by atoms with Gasteiger partial charge in [0.1, 0.15) is 12.4 Å². The largest absolute Gasteiger partial charge is 0.508 e. The van der Waals surface area contributed by atoms with Crippen LogP contribution in [-0.2, 0) is 34.7 Å². The van der Waals surface area contributed by atoms with Crippen molar-refractivity contribution in [2.24, 2.45) is 5.73 Å². The number of cyclic esters (lactones) is 1. The zero-order valence-electron chi connectivity index (χ0n) is 16.9. The molecule has 1 aromatic carbocycles. The van der Waals surface area contributed by atoms with Gasteiger partial charge in [-0.05, 0) is 43.0 Å². The molecule has 6 rings (SSSR count). The van der Waals surface area contributed by atoms with Gasteiger partial charge in [-0.2, -0.15) is 0 Å². The lowest BCUT2D eigenvalue weighted by atomic mass is 9.83. The van der Waals surface area contributed by atoms with Crippen molar-refractivity contribution in [2.45, 2.75) is 51.0 Å². The molecule has 0 bridgehead atoms. The number of aromatic nitrogens is 2. The van der Waals surface area contributed by atoms with Gasteiger partial charge in [0.05, 0.1) is 29.0 Å². The van der Waals surface area contributed by atoms with Crippen molar-refractivity contribution >= 4 is 16.9 Å². The summed E-state index contributed by atoms with van der Waals surface area (Å²) in [7, 11) is 0. The number of pyridine rings is 2. The van der Waals surface area contributed by atoms with Gasteiger partial charge >= 0.3 is 5.97 Å². The van der Waals surface area contributed by atoms with Gasteiger partial charge in [0.15, 0.2) is 5.60 Å². The van der Waals surface area contributed by atoms with Crippen LogP contribution in [0.5, 0.6) is 5.75 Å². The van der Waals surface area contributed by atoms with E-state index in [0.29, 0.717) is 47.4 Å². The molecule has 31 heavy (non-hydrogen) atoms. The number of phenols is 1. The van der Waals surface area contributed by atoms with Crippen LogP contribution in [0.15, 0.2) is 23.0 Å². The number of carbonyl (C=O) groups is 1. The summed E-state index contributed by atoms with van der Waals surface area (Å²) in [6, 6.07) is 4.87. The lowest BCUT2D eigenvalue weighted by Crippen LogP contribution is -2.44. The van der Waals surface area contributed by atoms with Gasteiger partial charge < -0.3 is 25.3 Å². The first kappa shape index (κ1) is 18.5. The summed E-state index contributed by atoms with van der Waals surface area (Å²) in [6.45, 7) is 1.82. The molecule has 3 aliphatic rings. The number of carbonyl (C=O) groups excluding carboxylic acids is 1. The van der Waals surface area contributed by atoms with Crippen LogP contribution >= 0.6 is 0 Å². The number of hydrogen-bond donors (Lipinski definition) is 3. The van der Waals surface area contributed by atoms with Crippen LogP contribution in [0, 0.1) is 0 Å². The van der Waals surface area contributed by atoms with Crippen LogP contribution in [-0.4, -0.2) is 25.7 Å². The highest BCUT2D eigenvalue weighted by molar-refractivity contribution is 5.93. The van der Waals surface area contributed by atoms with E-state index in [1.165, 1.54) is 0 Å². The van der Waals surface area contributed by atoms with Gasteiger partial charge in [-0.15, -0.1) is 0 Å². The lowest BCUT2D eigenvalue weighted by Gasteiger charge is -2.31. The number of phenolic OH excluding ortho intramolecular Hbond substituents is 1. The molecule has 4 N–H and O–H groups in total. The topological polar surface area (TPSA) is 128 Å². The molecular formula is C23H21N3O5. The minimum atomic E-state index is -1.86. The van der Waals surface area contributed by atoms with Gasteiger partial charge in [-0.1, -0.05) is 6.92 Å². The summed E-state index contributed by atoms with van der Waals surface area (Å²) in [5.41, 5.74) is 9.45. The van der Waals surface area contributed by atoms with Crippen molar-refractivity contribution in [1.82, 2.24) is 9.55 Å². The third kappa shape index (κ3) is 2.18. The SMILES string of the molecule is CC[C@@]1(O)C(=O)OCc2c1cc1n(c2=O)Cc2c-1nc1ccc(O)c3c1c2C(N)CC3. The number of esters is 1. The highest BCUT2D eigenvalue weighted by Crippen LogP contribution is 2.45. The number of aryl methyl sites for hydroxylation is 1. The molecule has 8 heteroatoms. The first-order chi connectivity index (χ1) is 14.8. The van der Waals surface area contributed by atoms with Gasteiger partial charge in [0.25, 0.3) is 5.56 Å². The third-order valence-corrected chi connectivity index (χ3v) is 7.06. The molecule has 0 spiro atoms. The molecule has 158 valence electrons. The quantitative estimate of drug-likeness (QED) is 0.401. The van der Waals surface area contributed by atoms with Crippen molar-refractivity contribution in [2.75, 3.05) is 0 Å². The molecule has 4 heterocycles. The van der Waals surface area contributed by atoms with Crippen LogP contribution in [0.25, 0.3) is 22.3 Å². The standard InChI is InChI=1S/C23H21N3O5/c1-2-23(30)13-7-16-20-11(8-26(16)21(28)12(13)9-31-22(23)29)18-14(24)4-3-10-17(27)6-5-15(25-20)19(10)18/h5-7,14,27,30H,2-4,8-9,24H2,1H3/t14?,23-/m0/s1. The number of aromatic hydroxyl groups is 1. The average molecular weight is 419 g/mol. The number of hydrogen-bond acceptors (Lipinski definition) is 7. The molecule has 3 aromatic rings. The highest BCUT2D eigenvalue weighted by atomic mass is 16.6. The first-order valence-electron chi connectivity index (χ1n) is 10.4. The Kier molecular flexibility index (Phi) is 3.54. The fourth-order valence-electron chi connectivity index (χ4n) is 5.37. The molecule has 0 saturated heterocycles. The predicted octanol–water partition coefficient (Wildman–Crippen LogP) is 1.73. The van der Waals surface area contributed by atoms with Crippen molar-refractivity contribution in [3.05, 3.63) is 56.4 Å². The minimum absolute atomic E-state index is 0.0957. The summed E-state index contributed by atoms with van der Waals surface area (Å²) in [5, 5.41) is 22.2. The Hall–Kier alpha value is -3.23. The van der Waals surface area contributed by atoms with Crippen molar-refractivity contribution in [3.63, 3.8) is 0 Å². The Balaban J connectivity index is 1.69. The predicted molar refractivity (Wildman–Crippen MR) is 111 cm³/mol. The molecule has 8 nitrogen and oxygen atoms in total. The molecule has 0 amide bonds. The molecule has 2 aromatic heterocycles. The van der Waals surface area contributed by atoms with Gasteiger partial charge in [-0.25, -0.2) is 9.78 Å². The Morgan fingerprint density at radius 3 is 2.87 bits per heavy atom. The molecule has 2 aliphatic heterocycles. The van der Waals surface area contributed by atoms with E-state index < -0.39 is 11.6 Å². The number of ether oxygens (including phenoxy) is 1. The van der Waals surface area contributed by atoms with E-state index in [1.807, 2.05) is 0 Å². The minimum Gasteiger partial charge on any atom is -0.508 e. The second-order valence-corrected chi connectivity index (χ2v) is 8.56. The Labute approximate surface area is 176 Å². The zero-order valence-corrected chi connectivity index (χ0v) is 16.9. The highest BCUT2D eigenvalue weighted by Gasteiger charge is 2.45. The molecular weight excluding hydrogens is 398 g/mol. The van der Waals surface area contributed by atoms with Crippen LogP contribution < -0.4 is 11.3 Å². The number of nitrogens with two attached hydrogens (primary N) is 1.